The molecule has 2 unspecified atom stereocenters. The number of dihydropyridines is 1. The lowest BCUT2D eigenvalue weighted by Gasteiger charge is -2.47. The van der Waals surface area contributed by atoms with Gasteiger partial charge in [-0.3, -0.25) is 14.6 Å². The van der Waals surface area contributed by atoms with Crippen molar-refractivity contribution in [2.24, 2.45) is 16.6 Å². The Morgan fingerprint density at radius 3 is 2.62 bits per heavy atom. The number of aliphatic imine (C=N–C) groups is 1. The summed E-state index contributed by atoms with van der Waals surface area (Å²) in [7, 11) is 0. The first kappa shape index (κ1) is 16.5. The molecule has 1 fully saturated rings. The molecule has 132 valence electrons. The summed E-state index contributed by atoms with van der Waals surface area (Å²) in [5, 5.41) is 5.02. The van der Waals surface area contributed by atoms with E-state index in [2.05, 4.69) is 10.3 Å². The van der Waals surface area contributed by atoms with Crippen LogP contribution in [0.15, 0.2) is 59.6 Å². The van der Waals surface area contributed by atoms with E-state index >= 15 is 0 Å². The summed E-state index contributed by atoms with van der Waals surface area (Å²) in [5.74, 6) is -0.565. The number of carbonyl (C=O) groups is 2. The van der Waals surface area contributed by atoms with Gasteiger partial charge in [0.05, 0.1) is 5.54 Å². The number of rotatable bonds is 4. The van der Waals surface area contributed by atoms with Gasteiger partial charge < -0.3 is 11.1 Å². The Hall–Kier alpha value is -2.95. The molecule has 5 nitrogen and oxygen atoms in total. The highest BCUT2D eigenvalue weighted by atomic mass is 16.2. The van der Waals surface area contributed by atoms with E-state index in [0.29, 0.717) is 5.56 Å². The first-order valence-corrected chi connectivity index (χ1v) is 8.92. The molecule has 2 aromatic carbocycles. The van der Waals surface area contributed by atoms with Gasteiger partial charge in [0.25, 0.3) is 5.91 Å². The number of nitrogens with two attached hydrogens (primary N) is 1. The van der Waals surface area contributed by atoms with E-state index in [0.717, 1.165) is 30.0 Å². The lowest BCUT2D eigenvalue weighted by Crippen LogP contribution is -2.65. The lowest BCUT2D eigenvalue weighted by atomic mass is 9.66. The predicted molar refractivity (Wildman–Crippen MR) is 102 cm³/mol. The molecular formula is C21H21N3O2. The third-order valence-electron chi connectivity index (χ3n) is 5.56. The number of primary amides is 1. The van der Waals surface area contributed by atoms with Crippen LogP contribution in [-0.4, -0.2) is 29.6 Å². The maximum atomic E-state index is 13.2. The molecule has 0 radical (unpaired) electrons. The number of hydrogen-bond acceptors (Lipinski definition) is 3. The molecule has 3 N–H and O–H groups in total. The molecular weight excluding hydrogens is 326 g/mol. The molecule has 0 bridgehead atoms. The quantitative estimate of drug-likeness (QED) is 0.891. The van der Waals surface area contributed by atoms with Crippen LogP contribution in [0.1, 0.15) is 29.6 Å². The van der Waals surface area contributed by atoms with Crippen LogP contribution in [0.3, 0.4) is 0 Å². The number of hydrogen-bond donors (Lipinski definition) is 2. The fraction of sp³-hybridized carbons (Fsp3) is 0.286. The van der Waals surface area contributed by atoms with E-state index in [1.807, 2.05) is 42.5 Å². The predicted octanol–water partition coefficient (Wildman–Crippen LogP) is 2.60. The second kappa shape index (κ2) is 6.41. The SMILES string of the molecule is NC(=O)C1N=CC=CC1(NC(=O)c1cccc2ccccc12)C1CCC1. The number of nitrogens with one attached hydrogen (secondary N) is 1. The van der Waals surface area contributed by atoms with Gasteiger partial charge in [0.2, 0.25) is 5.91 Å². The smallest absolute Gasteiger partial charge is 0.252 e. The van der Waals surface area contributed by atoms with Gasteiger partial charge in [-0.1, -0.05) is 48.9 Å². The number of carbonyl (C=O) groups excluding carboxylic acids is 2. The minimum Gasteiger partial charge on any atom is -0.368 e. The zero-order valence-corrected chi connectivity index (χ0v) is 14.4. The van der Waals surface area contributed by atoms with Crippen molar-refractivity contribution in [2.75, 3.05) is 0 Å². The number of nitrogens with zero attached hydrogens (tertiary/aromatic N) is 1. The molecule has 2 amide bonds. The van der Waals surface area contributed by atoms with Crippen molar-refractivity contribution in [1.82, 2.24) is 5.32 Å². The molecule has 0 aromatic heterocycles. The van der Waals surface area contributed by atoms with Gasteiger partial charge in [-0.25, -0.2) is 0 Å². The zero-order valence-electron chi connectivity index (χ0n) is 14.4. The summed E-state index contributed by atoms with van der Waals surface area (Å²) < 4.78 is 0. The molecule has 2 aromatic rings. The molecule has 2 atom stereocenters. The topological polar surface area (TPSA) is 84.6 Å². The van der Waals surface area contributed by atoms with Gasteiger partial charge >= 0.3 is 0 Å². The van der Waals surface area contributed by atoms with Crippen molar-refractivity contribution in [3.63, 3.8) is 0 Å². The van der Waals surface area contributed by atoms with Gasteiger partial charge in [0.1, 0.15) is 0 Å². The van der Waals surface area contributed by atoms with Gasteiger partial charge in [0.15, 0.2) is 6.04 Å². The van der Waals surface area contributed by atoms with E-state index in [1.54, 1.807) is 18.4 Å². The second-order valence-electron chi connectivity index (χ2n) is 7.00. The Balaban J connectivity index is 1.74. The highest BCUT2D eigenvalue weighted by Crippen LogP contribution is 2.41. The van der Waals surface area contributed by atoms with Crippen LogP contribution in [0.25, 0.3) is 10.8 Å². The number of amides is 2. The maximum Gasteiger partial charge on any atom is 0.252 e. The van der Waals surface area contributed by atoms with Crippen LogP contribution < -0.4 is 11.1 Å². The average Bonchev–Trinajstić information content (AvgIpc) is 2.59. The summed E-state index contributed by atoms with van der Waals surface area (Å²) in [6, 6.07) is 12.6. The second-order valence-corrected chi connectivity index (χ2v) is 7.00. The maximum absolute atomic E-state index is 13.2. The normalized spacial score (nSPS) is 25.0. The Morgan fingerprint density at radius 2 is 1.88 bits per heavy atom. The Labute approximate surface area is 152 Å². The Kier molecular flexibility index (Phi) is 4.07. The largest absolute Gasteiger partial charge is 0.368 e. The van der Waals surface area contributed by atoms with E-state index in [-0.39, 0.29) is 11.8 Å². The molecule has 26 heavy (non-hydrogen) atoms. The molecule has 1 heterocycles. The highest BCUT2D eigenvalue weighted by Gasteiger charge is 2.50. The fourth-order valence-electron chi connectivity index (χ4n) is 4.01. The number of allylic oxidation sites excluding steroid dienone is 1. The van der Waals surface area contributed by atoms with Crippen molar-refractivity contribution in [1.29, 1.82) is 0 Å². The molecule has 0 spiro atoms. The number of fused-ring (bicyclic) bond motifs is 1. The average molecular weight is 347 g/mol. The standard InChI is InChI=1S/C21H21N3O2/c22-19(25)18-21(12-5-13-23-18,15-8-4-9-15)24-20(26)17-11-3-7-14-6-1-2-10-16(14)17/h1-3,5-7,10-13,15,18H,4,8-9H2,(H2,22,25)(H,24,26). The molecule has 4 rings (SSSR count). The van der Waals surface area contributed by atoms with Crippen molar-refractivity contribution in [3.05, 3.63) is 60.2 Å². The lowest BCUT2D eigenvalue weighted by molar-refractivity contribution is -0.121. The van der Waals surface area contributed by atoms with E-state index in [4.69, 9.17) is 5.73 Å². The van der Waals surface area contributed by atoms with Gasteiger partial charge in [0, 0.05) is 11.8 Å². The van der Waals surface area contributed by atoms with Crippen LogP contribution in [-0.2, 0) is 4.79 Å². The van der Waals surface area contributed by atoms with E-state index < -0.39 is 17.5 Å². The summed E-state index contributed by atoms with van der Waals surface area (Å²) in [5.41, 5.74) is 5.36. The minimum atomic E-state index is -0.854. The number of benzene rings is 2. The van der Waals surface area contributed by atoms with Crippen molar-refractivity contribution in [3.8, 4) is 0 Å². The summed E-state index contributed by atoms with van der Waals surface area (Å²) in [6.07, 6.45) is 8.23. The molecule has 1 saturated carbocycles. The van der Waals surface area contributed by atoms with E-state index in [9.17, 15) is 9.59 Å². The third kappa shape index (κ3) is 2.60. The fourth-order valence-corrected chi connectivity index (χ4v) is 4.01. The minimum absolute atomic E-state index is 0.160. The highest BCUT2D eigenvalue weighted by molar-refractivity contribution is 6.07. The van der Waals surface area contributed by atoms with Gasteiger partial charge in [-0.15, -0.1) is 0 Å². The monoisotopic (exact) mass is 347 g/mol. The first-order valence-electron chi connectivity index (χ1n) is 8.92. The summed E-state index contributed by atoms with van der Waals surface area (Å²) in [6.45, 7) is 0. The van der Waals surface area contributed by atoms with Crippen LogP contribution in [0.4, 0.5) is 0 Å². The zero-order chi connectivity index (χ0) is 18.1. The van der Waals surface area contributed by atoms with Gasteiger partial charge in [-0.05, 0) is 41.7 Å². The van der Waals surface area contributed by atoms with Crippen molar-refractivity contribution < 1.29 is 9.59 Å². The molecule has 2 aliphatic rings. The summed E-state index contributed by atoms with van der Waals surface area (Å²) in [4.78, 5) is 29.6. The van der Waals surface area contributed by atoms with Crippen LogP contribution in [0.2, 0.25) is 0 Å². The van der Waals surface area contributed by atoms with Crippen LogP contribution in [0, 0.1) is 5.92 Å². The van der Waals surface area contributed by atoms with Crippen LogP contribution >= 0.6 is 0 Å². The summed E-state index contributed by atoms with van der Waals surface area (Å²) >= 11 is 0. The van der Waals surface area contributed by atoms with Crippen molar-refractivity contribution in [2.45, 2.75) is 30.8 Å². The van der Waals surface area contributed by atoms with Gasteiger partial charge in [-0.2, -0.15) is 0 Å². The molecule has 1 aliphatic carbocycles. The Bertz CT molecular complexity index is 925. The third-order valence-corrected chi connectivity index (χ3v) is 5.56. The van der Waals surface area contributed by atoms with Crippen LogP contribution in [0.5, 0.6) is 0 Å². The molecule has 1 aliphatic heterocycles. The first-order chi connectivity index (χ1) is 12.6. The molecule has 5 heteroatoms. The van der Waals surface area contributed by atoms with E-state index in [1.165, 1.54) is 0 Å². The Morgan fingerprint density at radius 1 is 1.12 bits per heavy atom. The van der Waals surface area contributed by atoms with Crippen molar-refractivity contribution >= 4 is 28.8 Å². The molecule has 0 saturated heterocycles.